The summed E-state index contributed by atoms with van der Waals surface area (Å²) >= 11 is 3.57. The molecule has 0 atom stereocenters. The van der Waals surface area contributed by atoms with Gasteiger partial charge in [0.05, 0.1) is 5.69 Å². The minimum absolute atomic E-state index is 0.628. The van der Waals surface area contributed by atoms with Crippen molar-refractivity contribution in [1.29, 1.82) is 0 Å². The number of hydrogen-bond donors (Lipinski definition) is 2. The van der Waals surface area contributed by atoms with Crippen molar-refractivity contribution < 1.29 is 0 Å². The highest BCUT2D eigenvalue weighted by atomic mass is 79.9. The van der Waals surface area contributed by atoms with Crippen molar-refractivity contribution in [2.75, 3.05) is 11.1 Å². The molecule has 0 amide bonds. The van der Waals surface area contributed by atoms with Gasteiger partial charge in [0.25, 0.3) is 0 Å². The number of hydrogen-bond acceptors (Lipinski definition) is 2. The summed E-state index contributed by atoms with van der Waals surface area (Å²) in [6.45, 7) is 2.03. The van der Waals surface area contributed by atoms with Crippen molar-refractivity contribution in [2.24, 2.45) is 0 Å². The average molecular weight is 269 g/mol. The smallest absolute Gasteiger partial charge is 0.0507 e. The van der Waals surface area contributed by atoms with Crippen molar-refractivity contribution in [2.45, 2.75) is 38.6 Å². The Morgan fingerprint density at radius 2 is 2.00 bits per heavy atom. The van der Waals surface area contributed by atoms with Gasteiger partial charge in [-0.05, 0) is 53.4 Å². The van der Waals surface area contributed by atoms with Gasteiger partial charge in [0.1, 0.15) is 0 Å². The van der Waals surface area contributed by atoms with Crippen molar-refractivity contribution in [3.8, 4) is 0 Å². The minimum Gasteiger partial charge on any atom is -0.398 e. The third kappa shape index (κ3) is 2.46. The molecule has 1 fully saturated rings. The summed E-state index contributed by atoms with van der Waals surface area (Å²) in [5, 5.41) is 3.55. The predicted octanol–water partition coefficient (Wildman–Crippen LogP) is 3.69. The van der Waals surface area contributed by atoms with E-state index < -0.39 is 0 Å². The van der Waals surface area contributed by atoms with Crippen molar-refractivity contribution in [3.63, 3.8) is 0 Å². The van der Waals surface area contributed by atoms with E-state index in [0.717, 1.165) is 21.4 Å². The van der Waals surface area contributed by atoms with Gasteiger partial charge in [0.2, 0.25) is 0 Å². The maximum atomic E-state index is 5.90. The van der Waals surface area contributed by atoms with E-state index >= 15 is 0 Å². The molecule has 0 radical (unpaired) electrons. The number of nitrogens with two attached hydrogens (primary N) is 1. The molecule has 1 saturated carbocycles. The Bertz CT molecular complexity index is 357. The Hall–Kier alpha value is -0.700. The second-order valence-electron chi connectivity index (χ2n) is 4.31. The van der Waals surface area contributed by atoms with E-state index in [9.17, 15) is 0 Å². The zero-order valence-electron chi connectivity index (χ0n) is 9.02. The van der Waals surface area contributed by atoms with Gasteiger partial charge in [-0.1, -0.05) is 12.8 Å². The molecule has 1 aromatic carbocycles. The largest absolute Gasteiger partial charge is 0.398 e. The summed E-state index contributed by atoms with van der Waals surface area (Å²) in [6.07, 6.45) is 5.24. The quantitative estimate of drug-likeness (QED) is 0.803. The van der Waals surface area contributed by atoms with Crippen molar-refractivity contribution in [1.82, 2.24) is 0 Å². The summed E-state index contributed by atoms with van der Waals surface area (Å²) < 4.78 is 1.11. The fourth-order valence-electron chi connectivity index (χ4n) is 2.09. The van der Waals surface area contributed by atoms with E-state index in [0.29, 0.717) is 6.04 Å². The zero-order chi connectivity index (χ0) is 10.8. The van der Waals surface area contributed by atoms with Gasteiger partial charge >= 0.3 is 0 Å². The molecule has 1 aliphatic carbocycles. The maximum Gasteiger partial charge on any atom is 0.0507 e. The van der Waals surface area contributed by atoms with Crippen LogP contribution in [0.3, 0.4) is 0 Å². The highest BCUT2D eigenvalue weighted by molar-refractivity contribution is 9.10. The first-order valence-corrected chi connectivity index (χ1v) is 6.28. The number of rotatable bonds is 2. The molecular weight excluding hydrogens is 252 g/mol. The van der Waals surface area contributed by atoms with Crippen LogP contribution in [0, 0.1) is 6.92 Å². The SMILES string of the molecule is Cc1cc(Br)c(NC2CCCC2)cc1N. The van der Waals surface area contributed by atoms with Crippen LogP contribution in [0.25, 0.3) is 0 Å². The molecule has 0 aromatic heterocycles. The van der Waals surface area contributed by atoms with Crippen LogP contribution in [0.2, 0.25) is 0 Å². The third-order valence-electron chi connectivity index (χ3n) is 3.07. The van der Waals surface area contributed by atoms with E-state index in [4.69, 9.17) is 5.73 Å². The number of benzene rings is 1. The predicted molar refractivity (Wildman–Crippen MR) is 69.2 cm³/mol. The fourth-order valence-corrected chi connectivity index (χ4v) is 2.66. The molecule has 1 aromatic rings. The maximum absolute atomic E-state index is 5.90. The van der Waals surface area contributed by atoms with Gasteiger partial charge < -0.3 is 11.1 Å². The van der Waals surface area contributed by atoms with Crippen molar-refractivity contribution in [3.05, 3.63) is 22.2 Å². The van der Waals surface area contributed by atoms with E-state index in [-0.39, 0.29) is 0 Å². The molecule has 82 valence electrons. The van der Waals surface area contributed by atoms with Crippen LogP contribution in [0.5, 0.6) is 0 Å². The van der Waals surface area contributed by atoms with Gasteiger partial charge in [-0.3, -0.25) is 0 Å². The van der Waals surface area contributed by atoms with Crippen LogP contribution in [0.1, 0.15) is 31.2 Å². The van der Waals surface area contributed by atoms with E-state index in [1.165, 1.54) is 25.7 Å². The number of nitrogens with one attached hydrogen (secondary N) is 1. The van der Waals surface area contributed by atoms with E-state index in [1.807, 2.05) is 13.0 Å². The topological polar surface area (TPSA) is 38.0 Å². The summed E-state index contributed by atoms with van der Waals surface area (Å²) in [5.74, 6) is 0. The lowest BCUT2D eigenvalue weighted by Crippen LogP contribution is -2.15. The molecule has 0 unspecified atom stereocenters. The first kappa shape index (κ1) is 10.8. The lowest BCUT2D eigenvalue weighted by atomic mass is 10.1. The van der Waals surface area contributed by atoms with Crippen LogP contribution in [0.15, 0.2) is 16.6 Å². The summed E-state index contributed by atoms with van der Waals surface area (Å²) in [5.41, 5.74) is 9.02. The third-order valence-corrected chi connectivity index (χ3v) is 3.73. The van der Waals surface area contributed by atoms with Crippen LogP contribution >= 0.6 is 15.9 Å². The van der Waals surface area contributed by atoms with Crippen molar-refractivity contribution >= 4 is 27.3 Å². The molecule has 3 heteroatoms. The van der Waals surface area contributed by atoms with Crippen LogP contribution < -0.4 is 11.1 Å². The standard InChI is InChI=1S/C12H17BrN2/c1-8-6-10(13)12(7-11(8)14)15-9-4-2-3-5-9/h6-7,9,15H,2-5,14H2,1H3. The summed E-state index contributed by atoms with van der Waals surface area (Å²) in [6, 6.07) is 4.73. The Balaban J connectivity index is 2.16. The Kier molecular flexibility index (Phi) is 3.19. The molecule has 0 aliphatic heterocycles. The molecule has 2 nitrogen and oxygen atoms in total. The fraction of sp³-hybridized carbons (Fsp3) is 0.500. The molecule has 2 rings (SSSR count). The van der Waals surface area contributed by atoms with Gasteiger partial charge in [0, 0.05) is 16.2 Å². The molecular formula is C12H17BrN2. The minimum atomic E-state index is 0.628. The highest BCUT2D eigenvalue weighted by Crippen LogP contribution is 2.30. The van der Waals surface area contributed by atoms with E-state index in [2.05, 4.69) is 27.3 Å². The first-order valence-electron chi connectivity index (χ1n) is 5.49. The van der Waals surface area contributed by atoms with Gasteiger partial charge in [0.15, 0.2) is 0 Å². The zero-order valence-corrected chi connectivity index (χ0v) is 10.6. The Labute approximate surface area is 99.4 Å². The van der Waals surface area contributed by atoms with Gasteiger partial charge in [-0.25, -0.2) is 0 Å². The number of aryl methyl sites for hydroxylation is 1. The highest BCUT2D eigenvalue weighted by Gasteiger charge is 2.15. The molecule has 0 spiro atoms. The summed E-state index contributed by atoms with van der Waals surface area (Å²) in [7, 11) is 0. The molecule has 15 heavy (non-hydrogen) atoms. The lowest BCUT2D eigenvalue weighted by molar-refractivity contribution is 0.755. The second kappa shape index (κ2) is 4.44. The number of nitrogen functional groups attached to an aromatic ring is 1. The number of anilines is 2. The molecule has 0 heterocycles. The van der Waals surface area contributed by atoms with Gasteiger partial charge in [-0.15, -0.1) is 0 Å². The second-order valence-corrected chi connectivity index (χ2v) is 5.17. The summed E-state index contributed by atoms with van der Waals surface area (Å²) in [4.78, 5) is 0. The Morgan fingerprint density at radius 1 is 1.33 bits per heavy atom. The Morgan fingerprint density at radius 3 is 2.67 bits per heavy atom. The first-order chi connectivity index (χ1) is 7.16. The molecule has 0 bridgehead atoms. The lowest BCUT2D eigenvalue weighted by Gasteiger charge is -2.16. The number of halogens is 1. The monoisotopic (exact) mass is 268 g/mol. The van der Waals surface area contributed by atoms with E-state index in [1.54, 1.807) is 0 Å². The van der Waals surface area contributed by atoms with Crippen LogP contribution in [-0.4, -0.2) is 6.04 Å². The molecule has 3 N–H and O–H groups in total. The van der Waals surface area contributed by atoms with Crippen LogP contribution in [-0.2, 0) is 0 Å². The molecule has 0 saturated heterocycles. The van der Waals surface area contributed by atoms with Crippen LogP contribution in [0.4, 0.5) is 11.4 Å². The van der Waals surface area contributed by atoms with Gasteiger partial charge in [-0.2, -0.15) is 0 Å². The normalized spacial score (nSPS) is 16.9. The molecule has 1 aliphatic rings. The average Bonchev–Trinajstić information content (AvgIpc) is 2.67.